The molecule has 0 spiro atoms. The Morgan fingerprint density at radius 1 is 1.53 bits per heavy atom. The molecule has 0 radical (unpaired) electrons. The molecule has 0 aliphatic heterocycles. The minimum atomic E-state index is -0.236. The lowest BCUT2D eigenvalue weighted by Gasteiger charge is -2.26. The molecule has 4 nitrogen and oxygen atoms in total. The molecule has 0 amide bonds. The normalized spacial score (nSPS) is 16.8. The van der Waals surface area contributed by atoms with Crippen LogP contribution < -0.4 is 5.73 Å². The van der Waals surface area contributed by atoms with Crippen molar-refractivity contribution >= 4 is 0 Å². The molecule has 1 aromatic heterocycles. The van der Waals surface area contributed by atoms with Gasteiger partial charge in [0.1, 0.15) is 0 Å². The van der Waals surface area contributed by atoms with Crippen LogP contribution in [0.5, 0.6) is 0 Å². The minimum absolute atomic E-state index is 0.236. The standard InChI is InChI=1S/C13H25N3O/c1-5-11(3)16-8-7-12(15-16)9-17-13(4,6-2)10-14/h7-8,11H,5-6,9-10,14H2,1-4H3. The van der Waals surface area contributed by atoms with Crippen LogP contribution in [0.2, 0.25) is 0 Å². The molecule has 1 heterocycles. The highest BCUT2D eigenvalue weighted by atomic mass is 16.5. The zero-order valence-electron chi connectivity index (χ0n) is 11.4. The molecule has 0 aliphatic rings. The van der Waals surface area contributed by atoms with E-state index in [0.29, 0.717) is 19.2 Å². The van der Waals surface area contributed by atoms with Gasteiger partial charge >= 0.3 is 0 Å². The van der Waals surface area contributed by atoms with E-state index in [-0.39, 0.29) is 5.60 Å². The van der Waals surface area contributed by atoms with Gasteiger partial charge in [0.25, 0.3) is 0 Å². The summed E-state index contributed by atoms with van der Waals surface area (Å²) in [6.45, 7) is 9.52. The summed E-state index contributed by atoms with van der Waals surface area (Å²) in [6.07, 6.45) is 4.01. The number of ether oxygens (including phenoxy) is 1. The predicted octanol–water partition coefficient (Wildman–Crippen LogP) is 2.50. The van der Waals surface area contributed by atoms with Crippen LogP contribution in [0, 0.1) is 0 Å². The maximum atomic E-state index is 5.84. The molecule has 2 unspecified atom stereocenters. The molecule has 0 aliphatic carbocycles. The number of rotatable bonds is 7. The highest BCUT2D eigenvalue weighted by molar-refractivity contribution is 4.98. The Kier molecular flexibility index (Phi) is 5.15. The molecule has 1 aromatic rings. The molecular formula is C13H25N3O. The van der Waals surface area contributed by atoms with Crippen molar-refractivity contribution in [1.29, 1.82) is 0 Å². The van der Waals surface area contributed by atoms with Crippen LogP contribution in [-0.2, 0) is 11.3 Å². The van der Waals surface area contributed by atoms with Crippen molar-refractivity contribution in [3.63, 3.8) is 0 Å². The van der Waals surface area contributed by atoms with E-state index < -0.39 is 0 Å². The lowest BCUT2D eigenvalue weighted by Crippen LogP contribution is -2.36. The molecule has 1 rings (SSSR count). The minimum Gasteiger partial charge on any atom is -0.368 e. The summed E-state index contributed by atoms with van der Waals surface area (Å²) >= 11 is 0. The Morgan fingerprint density at radius 3 is 2.76 bits per heavy atom. The Morgan fingerprint density at radius 2 is 2.24 bits per heavy atom. The molecule has 0 saturated heterocycles. The van der Waals surface area contributed by atoms with Gasteiger partial charge < -0.3 is 10.5 Å². The van der Waals surface area contributed by atoms with Crippen LogP contribution in [-0.4, -0.2) is 21.9 Å². The van der Waals surface area contributed by atoms with Crippen LogP contribution >= 0.6 is 0 Å². The van der Waals surface area contributed by atoms with Gasteiger partial charge in [0.15, 0.2) is 0 Å². The molecule has 0 fully saturated rings. The third-order valence-electron chi connectivity index (χ3n) is 3.45. The molecule has 2 N–H and O–H groups in total. The van der Waals surface area contributed by atoms with E-state index in [0.717, 1.165) is 18.5 Å². The van der Waals surface area contributed by atoms with Crippen LogP contribution in [0.25, 0.3) is 0 Å². The van der Waals surface area contributed by atoms with Crippen LogP contribution in [0.4, 0.5) is 0 Å². The van der Waals surface area contributed by atoms with Gasteiger partial charge in [-0.1, -0.05) is 13.8 Å². The van der Waals surface area contributed by atoms with E-state index in [2.05, 4.69) is 25.9 Å². The van der Waals surface area contributed by atoms with E-state index in [1.165, 1.54) is 0 Å². The second-order valence-electron chi connectivity index (χ2n) is 4.84. The maximum Gasteiger partial charge on any atom is 0.0914 e. The highest BCUT2D eigenvalue weighted by Crippen LogP contribution is 2.16. The average Bonchev–Trinajstić information content (AvgIpc) is 2.84. The molecule has 2 atom stereocenters. The van der Waals surface area contributed by atoms with Gasteiger partial charge in [0.05, 0.1) is 17.9 Å². The first-order chi connectivity index (χ1) is 8.04. The number of nitrogens with zero attached hydrogens (tertiary/aromatic N) is 2. The average molecular weight is 239 g/mol. The van der Waals surface area contributed by atoms with Crippen molar-refractivity contribution in [2.24, 2.45) is 5.73 Å². The van der Waals surface area contributed by atoms with Crippen molar-refractivity contribution in [3.8, 4) is 0 Å². The first-order valence-corrected chi connectivity index (χ1v) is 6.42. The Labute approximate surface area is 104 Å². The van der Waals surface area contributed by atoms with Gasteiger partial charge in [0.2, 0.25) is 0 Å². The van der Waals surface area contributed by atoms with Crippen LogP contribution in [0.3, 0.4) is 0 Å². The lowest BCUT2D eigenvalue weighted by atomic mass is 10.0. The fourth-order valence-corrected chi connectivity index (χ4v) is 1.44. The lowest BCUT2D eigenvalue weighted by molar-refractivity contribution is -0.0403. The number of aromatic nitrogens is 2. The van der Waals surface area contributed by atoms with Gasteiger partial charge in [-0.3, -0.25) is 4.68 Å². The van der Waals surface area contributed by atoms with Crippen molar-refractivity contribution in [2.75, 3.05) is 6.54 Å². The largest absolute Gasteiger partial charge is 0.368 e. The quantitative estimate of drug-likeness (QED) is 0.795. The van der Waals surface area contributed by atoms with E-state index in [1.54, 1.807) is 0 Å². The molecule has 98 valence electrons. The van der Waals surface area contributed by atoms with E-state index in [4.69, 9.17) is 10.5 Å². The van der Waals surface area contributed by atoms with E-state index >= 15 is 0 Å². The number of hydrogen-bond donors (Lipinski definition) is 1. The van der Waals surface area contributed by atoms with Crippen molar-refractivity contribution < 1.29 is 4.74 Å². The number of hydrogen-bond acceptors (Lipinski definition) is 3. The third-order valence-corrected chi connectivity index (χ3v) is 3.45. The summed E-state index contributed by atoms with van der Waals surface area (Å²) in [4.78, 5) is 0. The second kappa shape index (κ2) is 6.17. The first kappa shape index (κ1) is 14.2. The smallest absolute Gasteiger partial charge is 0.0914 e. The number of nitrogens with two attached hydrogens (primary N) is 1. The summed E-state index contributed by atoms with van der Waals surface area (Å²) in [6, 6.07) is 2.45. The second-order valence-corrected chi connectivity index (χ2v) is 4.84. The zero-order valence-corrected chi connectivity index (χ0v) is 11.4. The monoisotopic (exact) mass is 239 g/mol. The van der Waals surface area contributed by atoms with Crippen molar-refractivity contribution in [2.45, 2.75) is 58.8 Å². The van der Waals surface area contributed by atoms with Gasteiger partial charge in [-0.05, 0) is 32.8 Å². The maximum absolute atomic E-state index is 5.84. The highest BCUT2D eigenvalue weighted by Gasteiger charge is 2.21. The van der Waals surface area contributed by atoms with Gasteiger partial charge in [-0.25, -0.2) is 0 Å². The van der Waals surface area contributed by atoms with Crippen molar-refractivity contribution in [1.82, 2.24) is 9.78 Å². The Hall–Kier alpha value is -0.870. The molecule has 4 heteroatoms. The first-order valence-electron chi connectivity index (χ1n) is 6.42. The van der Waals surface area contributed by atoms with Crippen molar-refractivity contribution in [3.05, 3.63) is 18.0 Å². The summed E-state index contributed by atoms with van der Waals surface area (Å²) < 4.78 is 7.83. The molecule has 0 saturated carbocycles. The molecule has 17 heavy (non-hydrogen) atoms. The Bertz CT molecular complexity index is 331. The van der Waals surface area contributed by atoms with Crippen LogP contribution in [0.1, 0.15) is 52.3 Å². The van der Waals surface area contributed by atoms with Gasteiger partial charge in [-0.2, -0.15) is 5.10 Å². The fourth-order valence-electron chi connectivity index (χ4n) is 1.44. The summed E-state index contributed by atoms with van der Waals surface area (Å²) in [5, 5.41) is 4.50. The molecule has 0 aromatic carbocycles. The summed E-state index contributed by atoms with van der Waals surface area (Å²) in [5.74, 6) is 0. The topological polar surface area (TPSA) is 53.1 Å². The van der Waals surface area contributed by atoms with E-state index in [9.17, 15) is 0 Å². The molecule has 0 bridgehead atoms. The summed E-state index contributed by atoms with van der Waals surface area (Å²) in [7, 11) is 0. The predicted molar refractivity (Wildman–Crippen MR) is 69.8 cm³/mol. The fraction of sp³-hybridized carbons (Fsp3) is 0.769. The zero-order chi connectivity index (χ0) is 12.9. The SMILES string of the molecule is CCC(C)n1ccc(COC(C)(CC)CN)n1. The van der Waals surface area contributed by atoms with Gasteiger partial charge in [-0.15, -0.1) is 0 Å². The Balaban J connectivity index is 2.55. The van der Waals surface area contributed by atoms with E-state index in [1.807, 2.05) is 23.9 Å². The summed E-state index contributed by atoms with van der Waals surface area (Å²) in [5.41, 5.74) is 6.44. The molecular weight excluding hydrogens is 214 g/mol. The van der Waals surface area contributed by atoms with Crippen LogP contribution in [0.15, 0.2) is 12.3 Å². The van der Waals surface area contributed by atoms with Gasteiger partial charge in [0, 0.05) is 18.8 Å². The third kappa shape index (κ3) is 3.82.